The SMILES string of the molecule is O=C(O)C(NS(=O)(=O)c1ccc(Br)cc1)C1CCN(C(=O)N2CCOCC2)CC1. The average molecular weight is 490 g/mol. The van der Waals surface area contributed by atoms with E-state index in [4.69, 9.17) is 4.74 Å². The Morgan fingerprint density at radius 2 is 1.62 bits per heavy atom. The second kappa shape index (κ2) is 9.41. The Hall–Kier alpha value is -1.69. The monoisotopic (exact) mass is 489 g/mol. The molecule has 0 spiro atoms. The van der Waals surface area contributed by atoms with Crippen LogP contribution in [0.4, 0.5) is 4.79 Å². The van der Waals surface area contributed by atoms with E-state index < -0.39 is 28.0 Å². The highest BCUT2D eigenvalue weighted by Crippen LogP contribution is 2.24. The second-order valence-electron chi connectivity index (χ2n) is 7.10. The number of halogens is 1. The summed E-state index contributed by atoms with van der Waals surface area (Å²) in [6.45, 7) is 2.91. The summed E-state index contributed by atoms with van der Waals surface area (Å²) in [5.41, 5.74) is 0. The van der Waals surface area contributed by atoms with Gasteiger partial charge in [0.1, 0.15) is 6.04 Å². The van der Waals surface area contributed by atoms with Crippen LogP contribution < -0.4 is 4.72 Å². The van der Waals surface area contributed by atoms with Crippen molar-refractivity contribution in [2.45, 2.75) is 23.8 Å². The molecular weight excluding hydrogens is 466 g/mol. The van der Waals surface area contributed by atoms with E-state index in [0.29, 0.717) is 52.2 Å². The summed E-state index contributed by atoms with van der Waals surface area (Å²) < 4.78 is 33.5. The van der Waals surface area contributed by atoms with E-state index in [2.05, 4.69) is 20.7 Å². The van der Waals surface area contributed by atoms with E-state index in [0.717, 1.165) is 4.47 Å². The van der Waals surface area contributed by atoms with Gasteiger partial charge in [0.15, 0.2) is 0 Å². The molecule has 9 nitrogen and oxygen atoms in total. The zero-order valence-electron chi connectivity index (χ0n) is 15.8. The van der Waals surface area contributed by atoms with Crippen molar-refractivity contribution < 1.29 is 27.9 Å². The molecule has 1 aromatic rings. The highest BCUT2D eigenvalue weighted by atomic mass is 79.9. The fourth-order valence-corrected chi connectivity index (χ4v) is 5.10. The molecule has 0 aromatic heterocycles. The summed E-state index contributed by atoms with van der Waals surface area (Å²) in [5, 5.41) is 9.62. The van der Waals surface area contributed by atoms with Gasteiger partial charge in [0.2, 0.25) is 10.0 Å². The smallest absolute Gasteiger partial charge is 0.322 e. The number of benzene rings is 1. The lowest BCUT2D eigenvalue weighted by Crippen LogP contribution is -2.53. The van der Waals surface area contributed by atoms with E-state index in [1.54, 1.807) is 21.9 Å². The minimum atomic E-state index is -3.97. The maximum Gasteiger partial charge on any atom is 0.322 e. The van der Waals surface area contributed by atoms with Crippen molar-refractivity contribution in [3.63, 3.8) is 0 Å². The molecule has 1 aromatic carbocycles. The molecule has 1 atom stereocenters. The lowest BCUT2D eigenvalue weighted by molar-refractivity contribution is -0.140. The van der Waals surface area contributed by atoms with E-state index in [9.17, 15) is 23.1 Å². The molecule has 3 rings (SSSR count). The number of likely N-dealkylation sites (tertiary alicyclic amines) is 1. The second-order valence-corrected chi connectivity index (χ2v) is 9.73. The van der Waals surface area contributed by atoms with Crippen LogP contribution in [0.3, 0.4) is 0 Å². The Morgan fingerprint density at radius 3 is 2.17 bits per heavy atom. The minimum Gasteiger partial charge on any atom is -0.480 e. The number of piperidine rings is 1. The van der Waals surface area contributed by atoms with Gasteiger partial charge in [-0.3, -0.25) is 4.79 Å². The summed E-state index contributed by atoms with van der Waals surface area (Å²) in [4.78, 5) is 27.8. The molecular formula is C18H24BrN3O6S. The van der Waals surface area contributed by atoms with Gasteiger partial charge in [-0.15, -0.1) is 0 Å². The first kappa shape index (κ1) is 22.0. The average Bonchev–Trinajstić information content (AvgIpc) is 2.72. The molecule has 0 aliphatic carbocycles. The molecule has 2 saturated heterocycles. The number of carboxylic acid groups (broad SMARTS) is 1. The van der Waals surface area contributed by atoms with Crippen molar-refractivity contribution in [2.75, 3.05) is 39.4 Å². The number of carboxylic acids is 1. The van der Waals surface area contributed by atoms with Crippen molar-refractivity contribution >= 4 is 38.0 Å². The summed E-state index contributed by atoms with van der Waals surface area (Å²) >= 11 is 3.24. The molecule has 2 amide bonds. The van der Waals surface area contributed by atoms with Gasteiger partial charge in [-0.2, -0.15) is 4.72 Å². The summed E-state index contributed by atoms with van der Waals surface area (Å²) in [6, 6.07) is 4.67. The fraction of sp³-hybridized carbons (Fsp3) is 0.556. The number of urea groups is 1. The van der Waals surface area contributed by atoms with Crippen LogP contribution in [0.25, 0.3) is 0 Å². The topological polar surface area (TPSA) is 116 Å². The van der Waals surface area contributed by atoms with Gasteiger partial charge in [-0.1, -0.05) is 15.9 Å². The highest BCUT2D eigenvalue weighted by Gasteiger charge is 2.36. The quantitative estimate of drug-likeness (QED) is 0.644. The van der Waals surface area contributed by atoms with Crippen LogP contribution in [0.15, 0.2) is 33.6 Å². The van der Waals surface area contributed by atoms with Crippen molar-refractivity contribution in [3.05, 3.63) is 28.7 Å². The Morgan fingerprint density at radius 1 is 1.07 bits per heavy atom. The molecule has 11 heteroatoms. The molecule has 2 heterocycles. The number of nitrogens with zero attached hydrogens (tertiary/aromatic N) is 2. The Bertz CT molecular complexity index is 834. The molecule has 160 valence electrons. The number of aliphatic carboxylic acids is 1. The fourth-order valence-electron chi connectivity index (χ4n) is 3.58. The largest absolute Gasteiger partial charge is 0.480 e. The number of morpholine rings is 1. The molecule has 2 fully saturated rings. The molecule has 2 N–H and O–H groups in total. The minimum absolute atomic E-state index is 0.00637. The van der Waals surface area contributed by atoms with Gasteiger partial charge in [0.05, 0.1) is 18.1 Å². The van der Waals surface area contributed by atoms with Crippen LogP contribution >= 0.6 is 15.9 Å². The Kier molecular flexibility index (Phi) is 7.14. The molecule has 2 aliphatic heterocycles. The molecule has 1 unspecified atom stereocenters. The number of sulfonamides is 1. The first-order chi connectivity index (χ1) is 13.8. The lowest BCUT2D eigenvalue weighted by atomic mass is 9.90. The van der Waals surface area contributed by atoms with E-state index in [1.165, 1.54) is 12.1 Å². The van der Waals surface area contributed by atoms with Crippen molar-refractivity contribution in [1.29, 1.82) is 0 Å². The highest BCUT2D eigenvalue weighted by molar-refractivity contribution is 9.10. The third-order valence-electron chi connectivity index (χ3n) is 5.24. The zero-order valence-corrected chi connectivity index (χ0v) is 18.2. The Balaban J connectivity index is 1.62. The predicted molar refractivity (Wildman–Crippen MR) is 108 cm³/mol. The third kappa shape index (κ3) is 5.47. The van der Waals surface area contributed by atoms with Crippen LogP contribution in [-0.4, -0.2) is 80.8 Å². The maximum absolute atomic E-state index is 12.6. The Labute approximate surface area is 178 Å². The van der Waals surface area contributed by atoms with Gasteiger partial charge in [0.25, 0.3) is 0 Å². The first-order valence-electron chi connectivity index (χ1n) is 9.40. The van der Waals surface area contributed by atoms with E-state index in [-0.39, 0.29) is 10.9 Å². The summed E-state index contributed by atoms with van der Waals surface area (Å²) in [5.74, 6) is -1.62. The molecule has 0 radical (unpaired) electrons. The van der Waals surface area contributed by atoms with Crippen LogP contribution in [0.5, 0.6) is 0 Å². The standard InChI is InChI=1S/C18H24BrN3O6S/c19-14-1-3-15(4-2-14)29(26,27)20-16(17(23)24)13-5-7-21(8-6-13)18(25)22-9-11-28-12-10-22/h1-4,13,16,20H,5-12H2,(H,23,24). The predicted octanol–water partition coefficient (Wildman–Crippen LogP) is 1.34. The number of amides is 2. The molecule has 29 heavy (non-hydrogen) atoms. The molecule has 0 bridgehead atoms. The van der Waals surface area contributed by atoms with Gasteiger partial charge in [-0.05, 0) is 43.0 Å². The van der Waals surface area contributed by atoms with Crippen LogP contribution in [0, 0.1) is 5.92 Å². The van der Waals surface area contributed by atoms with E-state index in [1.807, 2.05) is 0 Å². The van der Waals surface area contributed by atoms with Gasteiger partial charge < -0.3 is 19.6 Å². The van der Waals surface area contributed by atoms with Crippen LogP contribution in [-0.2, 0) is 19.6 Å². The number of carbonyl (C=O) groups is 2. The van der Waals surface area contributed by atoms with Crippen LogP contribution in [0.1, 0.15) is 12.8 Å². The van der Waals surface area contributed by atoms with Crippen molar-refractivity contribution in [1.82, 2.24) is 14.5 Å². The number of carbonyl (C=O) groups excluding carboxylic acids is 1. The number of ether oxygens (including phenoxy) is 1. The molecule has 2 aliphatic rings. The molecule has 0 saturated carbocycles. The first-order valence-corrected chi connectivity index (χ1v) is 11.7. The van der Waals surface area contributed by atoms with Gasteiger partial charge in [-0.25, -0.2) is 13.2 Å². The zero-order chi connectivity index (χ0) is 21.0. The normalized spacial score (nSPS) is 19.8. The maximum atomic E-state index is 12.6. The summed E-state index contributed by atoms with van der Waals surface area (Å²) in [6.07, 6.45) is 0.825. The third-order valence-corrected chi connectivity index (χ3v) is 7.22. The van der Waals surface area contributed by atoms with Gasteiger partial charge in [0, 0.05) is 30.7 Å². The van der Waals surface area contributed by atoms with Crippen LogP contribution in [0.2, 0.25) is 0 Å². The van der Waals surface area contributed by atoms with Crippen molar-refractivity contribution in [2.24, 2.45) is 5.92 Å². The van der Waals surface area contributed by atoms with Gasteiger partial charge >= 0.3 is 12.0 Å². The number of hydrogen-bond donors (Lipinski definition) is 2. The lowest BCUT2D eigenvalue weighted by Gasteiger charge is -2.38. The summed E-state index contributed by atoms with van der Waals surface area (Å²) in [7, 11) is -3.97. The number of hydrogen-bond acceptors (Lipinski definition) is 5. The van der Waals surface area contributed by atoms with Crippen molar-refractivity contribution in [3.8, 4) is 0 Å². The number of nitrogens with one attached hydrogen (secondary N) is 1. The number of rotatable bonds is 5. The van der Waals surface area contributed by atoms with E-state index >= 15 is 0 Å².